The van der Waals surface area contributed by atoms with Crippen LogP contribution in [0.25, 0.3) is 26.3 Å². The number of nitrogens with zero attached hydrogens (tertiary/aromatic N) is 4. The predicted molar refractivity (Wildman–Crippen MR) is 96.6 cm³/mol. The van der Waals surface area contributed by atoms with Gasteiger partial charge < -0.3 is 0 Å². The highest BCUT2D eigenvalue weighted by atomic mass is 32.1. The molecule has 2 aromatic heterocycles. The van der Waals surface area contributed by atoms with Gasteiger partial charge in [-0.2, -0.15) is 0 Å². The third kappa shape index (κ3) is 2.47. The molecule has 7 nitrogen and oxygen atoms in total. The Bertz CT molecular complexity index is 1200. The van der Waals surface area contributed by atoms with E-state index in [1.807, 2.05) is 19.1 Å². The maximum atomic E-state index is 12.9. The van der Waals surface area contributed by atoms with E-state index in [2.05, 4.69) is 9.97 Å². The van der Waals surface area contributed by atoms with Gasteiger partial charge in [0.1, 0.15) is 5.82 Å². The number of nitro benzene ring substituents is 1. The van der Waals surface area contributed by atoms with E-state index in [0.29, 0.717) is 38.5 Å². The molecule has 4 rings (SSSR count). The van der Waals surface area contributed by atoms with Crippen molar-refractivity contribution in [3.63, 3.8) is 0 Å². The predicted octanol–water partition coefficient (Wildman–Crippen LogP) is 3.47. The summed E-state index contributed by atoms with van der Waals surface area (Å²) < 4.78 is 2.16. The van der Waals surface area contributed by atoms with Crippen LogP contribution < -0.4 is 5.56 Å². The number of hydrogen-bond donors (Lipinski definition) is 0. The normalized spacial score (nSPS) is 11.2. The van der Waals surface area contributed by atoms with Gasteiger partial charge in [-0.05, 0) is 18.2 Å². The fourth-order valence-corrected chi connectivity index (χ4v) is 3.74. The van der Waals surface area contributed by atoms with E-state index in [-0.39, 0.29) is 11.2 Å². The third-order valence-electron chi connectivity index (χ3n) is 3.92. The van der Waals surface area contributed by atoms with E-state index in [1.54, 1.807) is 18.2 Å². The zero-order valence-corrected chi connectivity index (χ0v) is 14.0. The van der Waals surface area contributed by atoms with Crippen molar-refractivity contribution in [3.05, 3.63) is 68.8 Å². The van der Waals surface area contributed by atoms with E-state index in [9.17, 15) is 14.9 Å². The van der Waals surface area contributed by atoms with Gasteiger partial charge >= 0.3 is 0 Å². The van der Waals surface area contributed by atoms with Crippen LogP contribution in [-0.2, 0) is 6.42 Å². The van der Waals surface area contributed by atoms with E-state index >= 15 is 0 Å². The fraction of sp³-hybridized carbons (Fsp3) is 0.118. The first-order chi connectivity index (χ1) is 12.1. The molecule has 8 heteroatoms. The van der Waals surface area contributed by atoms with Crippen molar-refractivity contribution in [2.75, 3.05) is 0 Å². The number of para-hydroxylation sites is 1. The molecule has 2 aromatic carbocycles. The first-order valence-electron chi connectivity index (χ1n) is 7.64. The molecule has 0 bridgehead atoms. The van der Waals surface area contributed by atoms with Gasteiger partial charge in [-0.25, -0.2) is 14.5 Å². The van der Waals surface area contributed by atoms with Crippen LogP contribution in [0.1, 0.15) is 12.7 Å². The zero-order valence-electron chi connectivity index (χ0n) is 13.2. The zero-order chi connectivity index (χ0) is 17.6. The van der Waals surface area contributed by atoms with Crippen LogP contribution in [0.2, 0.25) is 0 Å². The average molecular weight is 352 g/mol. The molecule has 0 N–H and O–H groups in total. The van der Waals surface area contributed by atoms with Crippen molar-refractivity contribution in [1.82, 2.24) is 14.5 Å². The highest BCUT2D eigenvalue weighted by molar-refractivity contribution is 7.20. The lowest BCUT2D eigenvalue weighted by molar-refractivity contribution is -0.384. The number of nitro groups is 1. The summed E-state index contributed by atoms with van der Waals surface area (Å²) >= 11 is 1.24. The maximum absolute atomic E-state index is 12.9. The van der Waals surface area contributed by atoms with Crippen LogP contribution in [0.15, 0.2) is 47.3 Å². The van der Waals surface area contributed by atoms with Crippen molar-refractivity contribution >= 4 is 38.1 Å². The lowest BCUT2D eigenvalue weighted by Crippen LogP contribution is -2.23. The minimum Gasteiger partial charge on any atom is -0.268 e. The van der Waals surface area contributed by atoms with Gasteiger partial charge in [0.2, 0.25) is 0 Å². The van der Waals surface area contributed by atoms with Crippen LogP contribution in [-0.4, -0.2) is 19.5 Å². The molecular weight excluding hydrogens is 340 g/mol. The summed E-state index contributed by atoms with van der Waals surface area (Å²) in [7, 11) is 0. The molecule has 2 heterocycles. The van der Waals surface area contributed by atoms with Crippen molar-refractivity contribution in [2.24, 2.45) is 0 Å². The maximum Gasteiger partial charge on any atom is 0.270 e. The second-order valence-corrected chi connectivity index (χ2v) is 6.45. The minimum atomic E-state index is -0.444. The highest BCUT2D eigenvalue weighted by Crippen LogP contribution is 2.28. The van der Waals surface area contributed by atoms with Crippen molar-refractivity contribution in [2.45, 2.75) is 13.3 Å². The quantitative estimate of drug-likeness (QED) is 0.416. The molecule has 0 spiro atoms. The molecule has 0 radical (unpaired) electrons. The Labute approximate surface area is 145 Å². The van der Waals surface area contributed by atoms with Crippen molar-refractivity contribution in [3.8, 4) is 5.13 Å². The van der Waals surface area contributed by atoms with Gasteiger partial charge in [0.25, 0.3) is 11.2 Å². The molecule has 25 heavy (non-hydrogen) atoms. The van der Waals surface area contributed by atoms with Crippen LogP contribution in [0.4, 0.5) is 5.69 Å². The monoisotopic (exact) mass is 352 g/mol. The summed E-state index contributed by atoms with van der Waals surface area (Å²) in [6.45, 7) is 1.92. The number of thiazole rings is 1. The summed E-state index contributed by atoms with van der Waals surface area (Å²) in [5.41, 5.74) is 1.09. The number of fused-ring (bicyclic) bond motifs is 2. The minimum absolute atomic E-state index is 0.00222. The van der Waals surface area contributed by atoms with E-state index in [4.69, 9.17) is 0 Å². The van der Waals surface area contributed by atoms with E-state index in [0.717, 1.165) is 0 Å². The first kappa shape index (κ1) is 15.4. The largest absolute Gasteiger partial charge is 0.270 e. The Hall–Kier alpha value is -3.13. The van der Waals surface area contributed by atoms with Gasteiger partial charge in [-0.3, -0.25) is 14.9 Å². The Kier molecular flexibility index (Phi) is 3.54. The topological polar surface area (TPSA) is 90.9 Å². The van der Waals surface area contributed by atoms with Crippen molar-refractivity contribution in [1.29, 1.82) is 0 Å². The second kappa shape index (κ2) is 5.75. The second-order valence-electron chi connectivity index (χ2n) is 5.44. The first-order valence-corrected chi connectivity index (χ1v) is 8.46. The SMILES string of the molecule is CCc1nc2ccccc2c(=O)n1-c1nc2ccc([N+](=O)[O-])cc2s1. The lowest BCUT2D eigenvalue weighted by atomic mass is 10.2. The number of benzene rings is 2. The molecule has 0 aliphatic rings. The standard InChI is InChI=1S/C17H12N4O3S/c1-2-15-18-12-6-4-3-5-11(12)16(22)20(15)17-19-13-8-7-10(21(23)24)9-14(13)25-17/h3-9H,2H2,1H3. The molecule has 4 aromatic rings. The molecule has 0 saturated carbocycles. The molecule has 0 fully saturated rings. The molecule has 0 amide bonds. The van der Waals surface area contributed by atoms with Crippen LogP contribution in [0.3, 0.4) is 0 Å². The highest BCUT2D eigenvalue weighted by Gasteiger charge is 2.16. The van der Waals surface area contributed by atoms with Gasteiger partial charge in [-0.1, -0.05) is 30.4 Å². The summed E-state index contributed by atoms with van der Waals surface area (Å²) in [5, 5.41) is 11.9. The Morgan fingerprint density at radius 3 is 2.72 bits per heavy atom. The number of aryl methyl sites for hydroxylation is 1. The number of rotatable bonds is 3. The Morgan fingerprint density at radius 1 is 1.16 bits per heavy atom. The van der Waals surface area contributed by atoms with Gasteiger partial charge in [0, 0.05) is 18.6 Å². The van der Waals surface area contributed by atoms with E-state index in [1.165, 1.54) is 28.0 Å². The lowest BCUT2D eigenvalue weighted by Gasteiger charge is -2.09. The number of non-ortho nitro benzene ring substituents is 1. The van der Waals surface area contributed by atoms with Crippen molar-refractivity contribution < 1.29 is 4.92 Å². The average Bonchev–Trinajstić information content (AvgIpc) is 3.04. The van der Waals surface area contributed by atoms with Gasteiger partial charge in [0.05, 0.1) is 26.0 Å². The summed E-state index contributed by atoms with van der Waals surface area (Å²) in [4.78, 5) is 32.5. The molecular formula is C17H12N4O3S. The summed E-state index contributed by atoms with van der Waals surface area (Å²) in [6, 6.07) is 11.7. The molecule has 0 saturated heterocycles. The Balaban J connectivity index is 2.00. The van der Waals surface area contributed by atoms with Crippen LogP contribution >= 0.6 is 11.3 Å². The summed E-state index contributed by atoms with van der Waals surface area (Å²) in [6.07, 6.45) is 0.566. The number of aromatic nitrogens is 3. The smallest absolute Gasteiger partial charge is 0.268 e. The summed E-state index contributed by atoms with van der Waals surface area (Å²) in [5.74, 6) is 0.609. The number of hydrogen-bond acceptors (Lipinski definition) is 6. The molecule has 0 unspecified atom stereocenters. The molecule has 0 aliphatic carbocycles. The third-order valence-corrected chi connectivity index (χ3v) is 4.93. The van der Waals surface area contributed by atoms with Crippen LogP contribution in [0, 0.1) is 10.1 Å². The van der Waals surface area contributed by atoms with E-state index < -0.39 is 4.92 Å². The molecule has 0 aliphatic heterocycles. The van der Waals surface area contributed by atoms with Gasteiger partial charge in [0.15, 0.2) is 5.13 Å². The Morgan fingerprint density at radius 2 is 1.96 bits per heavy atom. The fourth-order valence-electron chi connectivity index (χ4n) is 2.72. The molecule has 0 atom stereocenters. The van der Waals surface area contributed by atoms with Crippen LogP contribution in [0.5, 0.6) is 0 Å². The van der Waals surface area contributed by atoms with Gasteiger partial charge in [-0.15, -0.1) is 0 Å². The molecule has 124 valence electrons.